The molecule has 3 aromatic rings. The standard InChI is InChI=1S/C21H17F2N3O2/c22-21(23)26-13-17(11-19(26)12-24)15-2-1-3-16(10-15)20(28)25-18-6-4-14(5-7-18)8-9-27/h1-7,10-11,13,21,27H,8-9H2,(H,25,28). The van der Waals surface area contributed by atoms with E-state index in [1.807, 2.05) is 12.1 Å². The number of carbonyl (C=O) groups is 1. The molecule has 0 aliphatic carbocycles. The lowest BCUT2D eigenvalue weighted by Crippen LogP contribution is -2.11. The van der Waals surface area contributed by atoms with Gasteiger partial charge >= 0.3 is 6.55 Å². The van der Waals surface area contributed by atoms with Crippen molar-refractivity contribution in [2.45, 2.75) is 13.0 Å². The predicted octanol–water partition coefficient (Wildman–Crippen LogP) is 4.21. The molecule has 0 radical (unpaired) electrons. The summed E-state index contributed by atoms with van der Waals surface area (Å²) in [5.41, 5.74) is 2.76. The van der Waals surface area contributed by atoms with E-state index in [1.54, 1.807) is 42.5 Å². The highest BCUT2D eigenvalue weighted by atomic mass is 19.3. The Hall–Kier alpha value is -3.50. The minimum absolute atomic E-state index is 0.0549. The van der Waals surface area contributed by atoms with Gasteiger partial charge in [-0.25, -0.2) is 0 Å². The van der Waals surface area contributed by atoms with Gasteiger partial charge in [0.25, 0.3) is 5.91 Å². The van der Waals surface area contributed by atoms with Crippen LogP contribution in [0, 0.1) is 11.3 Å². The van der Waals surface area contributed by atoms with E-state index < -0.39 is 6.55 Å². The Bertz CT molecular complexity index is 1020. The molecule has 1 amide bonds. The van der Waals surface area contributed by atoms with E-state index >= 15 is 0 Å². The van der Waals surface area contributed by atoms with Crippen LogP contribution in [0.3, 0.4) is 0 Å². The van der Waals surface area contributed by atoms with Crippen molar-refractivity contribution in [3.05, 3.63) is 77.6 Å². The third-order valence-electron chi connectivity index (χ3n) is 4.24. The first kappa shape index (κ1) is 19.3. The minimum Gasteiger partial charge on any atom is -0.396 e. The Morgan fingerprint density at radius 3 is 2.50 bits per heavy atom. The SMILES string of the molecule is N#Cc1cc(-c2cccc(C(=O)Nc3ccc(CCO)cc3)c2)cn1C(F)F. The summed E-state index contributed by atoms with van der Waals surface area (Å²) >= 11 is 0. The van der Waals surface area contributed by atoms with Crippen LogP contribution in [-0.2, 0) is 6.42 Å². The molecule has 2 aromatic carbocycles. The second-order valence-electron chi connectivity index (χ2n) is 6.12. The molecule has 0 spiro atoms. The Morgan fingerprint density at radius 2 is 1.89 bits per heavy atom. The van der Waals surface area contributed by atoms with Crippen LogP contribution in [0.2, 0.25) is 0 Å². The predicted molar refractivity (Wildman–Crippen MR) is 101 cm³/mol. The molecule has 0 fully saturated rings. The maximum atomic E-state index is 13.0. The van der Waals surface area contributed by atoms with Crippen LogP contribution < -0.4 is 5.32 Å². The number of nitrogens with one attached hydrogen (secondary N) is 1. The zero-order valence-corrected chi connectivity index (χ0v) is 14.8. The number of alkyl halides is 2. The van der Waals surface area contributed by atoms with Gasteiger partial charge in [-0.05, 0) is 47.9 Å². The van der Waals surface area contributed by atoms with Crippen LogP contribution in [0.5, 0.6) is 0 Å². The van der Waals surface area contributed by atoms with E-state index in [1.165, 1.54) is 12.3 Å². The minimum atomic E-state index is -2.82. The fourth-order valence-electron chi connectivity index (χ4n) is 2.81. The second kappa shape index (κ2) is 8.46. The van der Waals surface area contributed by atoms with E-state index in [2.05, 4.69) is 5.32 Å². The van der Waals surface area contributed by atoms with Gasteiger partial charge in [0.05, 0.1) is 0 Å². The Kier molecular flexibility index (Phi) is 5.82. The average Bonchev–Trinajstić information content (AvgIpc) is 3.15. The highest BCUT2D eigenvalue weighted by Gasteiger charge is 2.15. The highest BCUT2D eigenvalue weighted by molar-refractivity contribution is 6.05. The first-order valence-corrected chi connectivity index (χ1v) is 8.53. The van der Waals surface area contributed by atoms with Crippen molar-refractivity contribution in [1.29, 1.82) is 5.26 Å². The number of aliphatic hydroxyl groups is 1. The largest absolute Gasteiger partial charge is 0.396 e. The molecule has 0 bridgehead atoms. The molecule has 0 aliphatic rings. The van der Waals surface area contributed by atoms with Crippen molar-refractivity contribution in [2.24, 2.45) is 0 Å². The smallest absolute Gasteiger partial charge is 0.319 e. The fourth-order valence-corrected chi connectivity index (χ4v) is 2.81. The molecule has 0 atom stereocenters. The van der Waals surface area contributed by atoms with Crippen molar-refractivity contribution in [3.8, 4) is 17.2 Å². The number of aliphatic hydroxyl groups excluding tert-OH is 1. The summed E-state index contributed by atoms with van der Waals surface area (Å²) in [5.74, 6) is -0.342. The van der Waals surface area contributed by atoms with Crippen LogP contribution in [-0.4, -0.2) is 22.2 Å². The Morgan fingerprint density at radius 1 is 1.14 bits per heavy atom. The second-order valence-corrected chi connectivity index (χ2v) is 6.12. The van der Waals surface area contributed by atoms with E-state index in [0.717, 1.165) is 5.56 Å². The monoisotopic (exact) mass is 381 g/mol. The number of nitrogens with zero attached hydrogens (tertiary/aromatic N) is 2. The molecule has 5 nitrogen and oxygen atoms in total. The Balaban J connectivity index is 1.81. The van der Waals surface area contributed by atoms with E-state index in [0.29, 0.717) is 33.4 Å². The lowest BCUT2D eigenvalue weighted by molar-refractivity contribution is 0.0699. The molecule has 7 heteroatoms. The lowest BCUT2D eigenvalue weighted by Gasteiger charge is -2.08. The Labute approximate surface area is 160 Å². The molecule has 0 unspecified atom stereocenters. The zero-order chi connectivity index (χ0) is 20.1. The summed E-state index contributed by atoms with van der Waals surface area (Å²) in [6.45, 7) is -2.76. The molecule has 3 rings (SSSR count). The summed E-state index contributed by atoms with van der Waals surface area (Å²) in [6.07, 6.45) is 1.74. The number of nitriles is 1. The van der Waals surface area contributed by atoms with Gasteiger partial charge in [0, 0.05) is 29.6 Å². The molecule has 0 saturated carbocycles. The van der Waals surface area contributed by atoms with Gasteiger partial charge in [-0.2, -0.15) is 14.0 Å². The number of hydrogen-bond acceptors (Lipinski definition) is 3. The molecule has 0 saturated heterocycles. The third kappa shape index (κ3) is 4.24. The molecule has 2 N–H and O–H groups in total. The molecule has 142 valence electrons. The number of halogens is 2. The molecule has 1 heterocycles. The summed E-state index contributed by atoms with van der Waals surface area (Å²) in [5, 5.41) is 20.7. The van der Waals surface area contributed by atoms with Crippen LogP contribution >= 0.6 is 0 Å². The summed E-state index contributed by atoms with van der Waals surface area (Å²) in [6, 6.07) is 16.8. The van der Waals surface area contributed by atoms with Gasteiger partial charge in [0.1, 0.15) is 11.8 Å². The quantitative estimate of drug-likeness (QED) is 0.671. The topological polar surface area (TPSA) is 78.1 Å². The van der Waals surface area contributed by atoms with Gasteiger partial charge in [0.15, 0.2) is 0 Å². The van der Waals surface area contributed by atoms with E-state index in [4.69, 9.17) is 10.4 Å². The molecule has 28 heavy (non-hydrogen) atoms. The van der Waals surface area contributed by atoms with Crippen molar-refractivity contribution in [1.82, 2.24) is 4.57 Å². The van der Waals surface area contributed by atoms with Gasteiger partial charge in [-0.3, -0.25) is 9.36 Å². The number of benzene rings is 2. The maximum absolute atomic E-state index is 13.0. The molecule has 0 aliphatic heterocycles. The highest BCUT2D eigenvalue weighted by Crippen LogP contribution is 2.26. The average molecular weight is 381 g/mol. The molecular formula is C21H17F2N3O2. The number of carbonyl (C=O) groups excluding carboxylic acids is 1. The first-order valence-electron chi connectivity index (χ1n) is 8.53. The maximum Gasteiger partial charge on any atom is 0.319 e. The van der Waals surface area contributed by atoms with Crippen molar-refractivity contribution in [3.63, 3.8) is 0 Å². The van der Waals surface area contributed by atoms with Crippen molar-refractivity contribution < 1.29 is 18.7 Å². The van der Waals surface area contributed by atoms with Crippen LogP contribution in [0.1, 0.15) is 28.2 Å². The summed E-state index contributed by atoms with van der Waals surface area (Å²) in [4.78, 5) is 12.5. The molecule has 1 aromatic heterocycles. The van der Waals surface area contributed by atoms with E-state index in [9.17, 15) is 13.6 Å². The fraction of sp³-hybridized carbons (Fsp3) is 0.143. The summed E-state index contributed by atoms with van der Waals surface area (Å²) < 4.78 is 26.6. The summed E-state index contributed by atoms with van der Waals surface area (Å²) in [7, 11) is 0. The van der Waals surface area contributed by atoms with Gasteiger partial charge in [-0.1, -0.05) is 24.3 Å². The number of anilines is 1. The number of amides is 1. The van der Waals surface area contributed by atoms with E-state index in [-0.39, 0.29) is 18.2 Å². The first-order chi connectivity index (χ1) is 13.5. The zero-order valence-electron chi connectivity index (χ0n) is 14.8. The van der Waals surface area contributed by atoms with Crippen LogP contribution in [0.15, 0.2) is 60.8 Å². The van der Waals surface area contributed by atoms with Gasteiger partial charge in [0.2, 0.25) is 0 Å². The normalized spacial score (nSPS) is 10.7. The number of hydrogen-bond donors (Lipinski definition) is 2. The van der Waals surface area contributed by atoms with Gasteiger partial charge in [-0.15, -0.1) is 0 Å². The number of aromatic nitrogens is 1. The van der Waals surface area contributed by atoms with Crippen LogP contribution in [0.25, 0.3) is 11.1 Å². The number of rotatable bonds is 6. The van der Waals surface area contributed by atoms with Crippen molar-refractivity contribution in [2.75, 3.05) is 11.9 Å². The lowest BCUT2D eigenvalue weighted by atomic mass is 10.0. The third-order valence-corrected chi connectivity index (χ3v) is 4.24. The van der Waals surface area contributed by atoms with Crippen LogP contribution in [0.4, 0.5) is 14.5 Å². The molecular weight excluding hydrogens is 364 g/mol. The van der Waals surface area contributed by atoms with Gasteiger partial charge < -0.3 is 10.4 Å². The van der Waals surface area contributed by atoms with Crippen molar-refractivity contribution >= 4 is 11.6 Å².